The average molecular weight is 541 g/mol. The number of aliphatic hydroxyl groups excluding tert-OH is 1. The molecule has 2 saturated carbocycles. The molecular formula is C28H37FN6O4. The lowest BCUT2D eigenvalue weighted by Crippen LogP contribution is -2.55. The number of nitrogens with zero attached hydrogens (tertiary/aromatic N) is 4. The molecule has 1 aliphatic heterocycles. The quantitative estimate of drug-likeness (QED) is 0.438. The Morgan fingerprint density at radius 1 is 1.18 bits per heavy atom. The monoisotopic (exact) mass is 540 g/mol. The molecule has 11 heteroatoms. The Labute approximate surface area is 227 Å². The number of aliphatic hydroxyl groups is 1. The Bertz CT molecular complexity index is 1210. The summed E-state index contributed by atoms with van der Waals surface area (Å²) >= 11 is 0. The van der Waals surface area contributed by atoms with Crippen molar-refractivity contribution in [1.29, 1.82) is 0 Å². The predicted octanol–water partition coefficient (Wildman–Crippen LogP) is 3.91. The topological polar surface area (TPSA) is 120 Å². The number of amides is 2. The van der Waals surface area contributed by atoms with Gasteiger partial charge in [0.25, 0.3) is 5.91 Å². The SMILES string of the molecule is CCC1C(=O)N(C)c2cnc(Nc3cc(F)c(C(=O)NC4CCCC4)cc3OCCO)nc2N1C1CCCC1. The van der Waals surface area contributed by atoms with Crippen LogP contribution in [0.5, 0.6) is 5.75 Å². The number of benzene rings is 1. The van der Waals surface area contributed by atoms with Crippen LogP contribution in [0.3, 0.4) is 0 Å². The van der Waals surface area contributed by atoms with E-state index in [1.807, 2.05) is 6.92 Å². The Hall–Kier alpha value is -3.47. The molecule has 5 rings (SSSR count). The highest BCUT2D eigenvalue weighted by Gasteiger charge is 2.41. The molecule has 2 aliphatic carbocycles. The predicted molar refractivity (Wildman–Crippen MR) is 146 cm³/mol. The lowest BCUT2D eigenvalue weighted by molar-refractivity contribution is -0.120. The van der Waals surface area contributed by atoms with Gasteiger partial charge in [-0.2, -0.15) is 4.98 Å². The third-order valence-electron chi connectivity index (χ3n) is 8.01. The van der Waals surface area contributed by atoms with Crippen molar-refractivity contribution in [2.24, 2.45) is 0 Å². The Morgan fingerprint density at radius 2 is 1.90 bits per heavy atom. The maximum atomic E-state index is 15.2. The van der Waals surface area contributed by atoms with Crippen LogP contribution in [0.4, 0.5) is 27.5 Å². The first-order valence-corrected chi connectivity index (χ1v) is 14.0. The van der Waals surface area contributed by atoms with E-state index in [0.29, 0.717) is 17.9 Å². The number of likely N-dealkylation sites (N-methyl/N-ethyl adjacent to an activating group) is 1. The minimum absolute atomic E-state index is 0.0226. The average Bonchev–Trinajstić information content (AvgIpc) is 3.65. The van der Waals surface area contributed by atoms with E-state index in [4.69, 9.17) is 9.72 Å². The Balaban J connectivity index is 1.47. The van der Waals surface area contributed by atoms with E-state index in [1.54, 1.807) is 18.1 Å². The zero-order valence-electron chi connectivity index (χ0n) is 22.6. The normalized spacial score (nSPS) is 19.9. The van der Waals surface area contributed by atoms with Gasteiger partial charge in [0.05, 0.1) is 24.1 Å². The standard InChI is InChI=1S/C28H37FN6O4/c1-3-22-27(38)34(2)23-16-30-28(33-25(23)35(22)18-10-6-7-11-18)32-21-15-20(29)19(14-24(21)39-13-12-36)26(37)31-17-8-4-5-9-17/h14-18,22,36H,3-13H2,1-2H3,(H,31,37)(H,30,32,33). The van der Waals surface area contributed by atoms with Crippen molar-refractivity contribution in [3.05, 3.63) is 29.7 Å². The molecule has 0 radical (unpaired) electrons. The first kappa shape index (κ1) is 27.1. The number of aromatic nitrogens is 2. The molecular weight excluding hydrogens is 503 g/mol. The molecule has 2 amide bonds. The zero-order chi connectivity index (χ0) is 27.5. The number of nitrogens with one attached hydrogen (secondary N) is 2. The van der Waals surface area contributed by atoms with Crippen LogP contribution >= 0.6 is 0 Å². The summed E-state index contributed by atoms with van der Waals surface area (Å²) in [7, 11) is 1.73. The molecule has 39 heavy (non-hydrogen) atoms. The number of rotatable bonds is 9. The van der Waals surface area contributed by atoms with Gasteiger partial charge >= 0.3 is 0 Å². The first-order chi connectivity index (χ1) is 18.9. The first-order valence-electron chi connectivity index (χ1n) is 14.0. The number of carbonyl (C=O) groups excluding carboxylic acids is 2. The fourth-order valence-corrected chi connectivity index (χ4v) is 6.00. The summed E-state index contributed by atoms with van der Waals surface area (Å²) in [4.78, 5) is 38.9. The highest BCUT2D eigenvalue weighted by molar-refractivity contribution is 6.04. The van der Waals surface area contributed by atoms with Gasteiger partial charge in [-0.05, 0) is 38.2 Å². The fraction of sp³-hybridized carbons (Fsp3) is 0.571. The number of anilines is 4. The molecule has 3 N–H and O–H groups in total. The molecule has 0 bridgehead atoms. The van der Waals surface area contributed by atoms with E-state index in [1.165, 1.54) is 12.1 Å². The van der Waals surface area contributed by atoms with Crippen LogP contribution in [0.2, 0.25) is 0 Å². The molecule has 2 fully saturated rings. The lowest BCUT2D eigenvalue weighted by Gasteiger charge is -2.43. The largest absolute Gasteiger partial charge is 0.489 e. The van der Waals surface area contributed by atoms with Crippen molar-refractivity contribution in [2.75, 3.05) is 35.4 Å². The third-order valence-corrected chi connectivity index (χ3v) is 8.01. The second-order valence-electron chi connectivity index (χ2n) is 10.5. The smallest absolute Gasteiger partial charge is 0.254 e. The summed E-state index contributed by atoms with van der Waals surface area (Å²) in [5.74, 6) is -0.0873. The van der Waals surface area contributed by atoms with Crippen LogP contribution in [0.25, 0.3) is 0 Å². The van der Waals surface area contributed by atoms with E-state index in [-0.39, 0.29) is 60.2 Å². The number of fused-ring (bicyclic) bond motifs is 1. The number of ether oxygens (including phenoxy) is 1. The lowest BCUT2D eigenvalue weighted by atomic mass is 10.0. The molecule has 1 aromatic carbocycles. The zero-order valence-corrected chi connectivity index (χ0v) is 22.6. The highest BCUT2D eigenvalue weighted by atomic mass is 19.1. The van der Waals surface area contributed by atoms with Crippen molar-refractivity contribution in [1.82, 2.24) is 15.3 Å². The van der Waals surface area contributed by atoms with Gasteiger partial charge in [0, 0.05) is 25.2 Å². The maximum absolute atomic E-state index is 15.2. The molecule has 0 saturated heterocycles. The van der Waals surface area contributed by atoms with Crippen molar-refractivity contribution < 1.29 is 23.8 Å². The van der Waals surface area contributed by atoms with E-state index >= 15 is 4.39 Å². The van der Waals surface area contributed by atoms with Crippen LogP contribution in [0.15, 0.2) is 18.3 Å². The van der Waals surface area contributed by atoms with Crippen molar-refractivity contribution >= 4 is 35.0 Å². The molecule has 1 aromatic heterocycles. The fourth-order valence-electron chi connectivity index (χ4n) is 6.00. The summed E-state index contributed by atoms with van der Waals surface area (Å²) < 4.78 is 20.9. The Morgan fingerprint density at radius 3 is 2.59 bits per heavy atom. The summed E-state index contributed by atoms with van der Waals surface area (Å²) in [5.41, 5.74) is 0.743. The molecule has 3 aliphatic rings. The van der Waals surface area contributed by atoms with Gasteiger partial charge < -0.3 is 30.3 Å². The van der Waals surface area contributed by atoms with Crippen molar-refractivity contribution in [3.63, 3.8) is 0 Å². The minimum Gasteiger partial charge on any atom is -0.489 e. The maximum Gasteiger partial charge on any atom is 0.254 e. The molecule has 10 nitrogen and oxygen atoms in total. The molecule has 210 valence electrons. The van der Waals surface area contributed by atoms with E-state index in [9.17, 15) is 14.7 Å². The Kier molecular flexibility index (Phi) is 8.15. The van der Waals surface area contributed by atoms with E-state index < -0.39 is 11.7 Å². The van der Waals surface area contributed by atoms with Gasteiger partial charge in [0.15, 0.2) is 5.82 Å². The highest BCUT2D eigenvalue weighted by Crippen LogP contribution is 2.40. The van der Waals surface area contributed by atoms with Gasteiger partial charge in [0.1, 0.15) is 29.9 Å². The van der Waals surface area contributed by atoms with Gasteiger partial charge in [-0.1, -0.05) is 32.6 Å². The molecule has 1 unspecified atom stereocenters. The molecule has 0 spiro atoms. The molecule has 2 heterocycles. The van der Waals surface area contributed by atoms with Crippen molar-refractivity contribution in [3.8, 4) is 5.75 Å². The molecule has 1 atom stereocenters. The van der Waals surface area contributed by atoms with Crippen LogP contribution in [-0.4, -0.2) is 65.3 Å². The van der Waals surface area contributed by atoms with Gasteiger partial charge in [-0.15, -0.1) is 0 Å². The summed E-state index contributed by atoms with van der Waals surface area (Å²) in [6.45, 7) is 1.72. The molecule has 2 aromatic rings. The van der Waals surface area contributed by atoms with Crippen LogP contribution < -0.4 is 25.2 Å². The number of hydrogen-bond acceptors (Lipinski definition) is 8. The van der Waals surface area contributed by atoms with Crippen LogP contribution in [-0.2, 0) is 4.79 Å². The van der Waals surface area contributed by atoms with Crippen LogP contribution in [0.1, 0.15) is 75.1 Å². The number of hydrogen-bond donors (Lipinski definition) is 3. The summed E-state index contributed by atoms with van der Waals surface area (Å²) in [5, 5.41) is 15.3. The van der Waals surface area contributed by atoms with E-state index in [2.05, 4.69) is 20.5 Å². The third kappa shape index (κ3) is 5.50. The summed E-state index contributed by atoms with van der Waals surface area (Å²) in [6.07, 6.45) is 10.3. The number of halogens is 1. The van der Waals surface area contributed by atoms with Gasteiger partial charge in [0.2, 0.25) is 11.9 Å². The van der Waals surface area contributed by atoms with E-state index in [0.717, 1.165) is 51.4 Å². The van der Waals surface area contributed by atoms with Gasteiger partial charge in [-0.3, -0.25) is 9.59 Å². The number of carbonyl (C=O) groups is 2. The van der Waals surface area contributed by atoms with Crippen LogP contribution in [0, 0.1) is 5.82 Å². The van der Waals surface area contributed by atoms with Crippen molar-refractivity contribution in [2.45, 2.75) is 82.8 Å². The van der Waals surface area contributed by atoms with Gasteiger partial charge in [-0.25, -0.2) is 9.37 Å². The second kappa shape index (κ2) is 11.7. The second-order valence-corrected chi connectivity index (χ2v) is 10.5. The summed E-state index contributed by atoms with van der Waals surface area (Å²) in [6, 6.07) is 2.48. The minimum atomic E-state index is -0.703.